The zero-order valence-corrected chi connectivity index (χ0v) is 10.1. The topological polar surface area (TPSA) is 129 Å². The van der Waals surface area contributed by atoms with E-state index in [1.165, 1.54) is 0 Å². The van der Waals surface area contributed by atoms with Crippen molar-refractivity contribution in [2.45, 2.75) is 55.1 Å². The molecule has 4 aliphatic rings. The Morgan fingerprint density at radius 3 is 1.16 bits per heavy atom. The minimum absolute atomic E-state index is 0.161. The van der Waals surface area contributed by atoms with Crippen molar-refractivity contribution in [3.8, 4) is 0 Å². The smallest absolute Gasteiger partial charge is 0.236 e. The quantitative estimate of drug-likeness (QED) is 0.556. The van der Waals surface area contributed by atoms with Crippen LogP contribution in [0.4, 0.5) is 0 Å². The summed E-state index contributed by atoms with van der Waals surface area (Å²) in [5, 5.41) is 34.0. The third kappa shape index (κ3) is 1.35. The van der Waals surface area contributed by atoms with E-state index in [1.807, 2.05) is 0 Å². The Balaban J connectivity index is 2.13. The Morgan fingerprint density at radius 2 is 0.947 bits per heavy atom. The van der Waals surface area contributed by atoms with Gasteiger partial charge in [-0.05, 0) is 5.92 Å². The maximum atomic E-state index is 11.3. The van der Waals surface area contributed by atoms with Crippen LogP contribution in [0, 0.1) is 36.3 Å². The van der Waals surface area contributed by atoms with E-state index in [0.29, 0.717) is 0 Å². The Kier molecular flexibility index (Phi) is 2.06. The normalized spacial score (nSPS) is 47.1. The van der Waals surface area contributed by atoms with Gasteiger partial charge in [-0.25, -0.2) is 0 Å². The predicted octanol–water partition coefficient (Wildman–Crippen LogP) is 1.03. The lowest BCUT2D eigenvalue weighted by molar-refractivity contribution is -0.689. The third-order valence-electron chi connectivity index (χ3n) is 5.14. The molecule has 9 heteroatoms. The van der Waals surface area contributed by atoms with Gasteiger partial charge in [0.1, 0.15) is 0 Å². The van der Waals surface area contributed by atoms with Crippen molar-refractivity contribution < 1.29 is 14.8 Å². The average Bonchev–Trinajstić information content (AvgIpc) is 2.26. The van der Waals surface area contributed by atoms with Crippen molar-refractivity contribution in [2.75, 3.05) is 0 Å². The van der Waals surface area contributed by atoms with Gasteiger partial charge in [-0.2, -0.15) is 0 Å². The number of hydrogen-bond donors (Lipinski definition) is 0. The molecule has 0 unspecified atom stereocenters. The molecule has 0 radical (unpaired) electrons. The molecule has 0 amide bonds. The maximum absolute atomic E-state index is 11.3. The summed E-state index contributed by atoms with van der Waals surface area (Å²) in [5.74, 6) is -0.280. The molecule has 104 valence electrons. The van der Waals surface area contributed by atoms with E-state index in [0.717, 1.165) is 0 Å². The molecule has 9 nitrogen and oxygen atoms in total. The minimum Gasteiger partial charge on any atom is -0.264 e. The molecule has 0 aromatic carbocycles. The van der Waals surface area contributed by atoms with Crippen LogP contribution in [-0.4, -0.2) is 31.4 Å². The van der Waals surface area contributed by atoms with E-state index >= 15 is 0 Å². The second-order valence-electron chi connectivity index (χ2n) is 6.45. The molecule has 19 heavy (non-hydrogen) atoms. The van der Waals surface area contributed by atoms with E-state index in [-0.39, 0.29) is 44.4 Å². The van der Waals surface area contributed by atoms with Gasteiger partial charge in [-0.3, -0.25) is 30.3 Å². The molecule has 4 saturated carbocycles. The summed E-state index contributed by atoms with van der Waals surface area (Å²) < 4.78 is 0. The standard InChI is InChI=1S/C10H13N3O6/c14-11(15)8-1-7-2-9(4-8,12(16)17)6-10(3-7,5-8)13(18)19/h7H,1-6H2. The summed E-state index contributed by atoms with van der Waals surface area (Å²) in [6.45, 7) is 0. The lowest BCUT2D eigenvalue weighted by Crippen LogP contribution is -2.72. The van der Waals surface area contributed by atoms with Crippen molar-refractivity contribution in [1.82, 2.24) is 0 Å². The van der Waals surface area contributed by atoms with Gasteiger partial charge in [0.2, 0.25) is 16.6 Å². The van der Waals surface area contributed by atoms with E-state index in [9.17, 15) is 30.3 Å². The molecule has 4 fully saturated rings. The predicted molar refractivity (Wildman–Crippen MR) is 60.4 cm³/mol. The SMILES string of the molecule is O=[N+]([O-])C12CC3CC([N+](=O)[O-])(C1)CC([N+](=O)[O-])(C3)C2. The lowest BCUT2D eigenvalue weighted by atomic mass is 9.47. The maximum Gasteiger partial charge on any atom is 0.236 e. The number of hydrogen-bond acceptors (Lipinski definition) is 6. The Morgan fingerprint density at radius 1 is 0.684 bits per heavy atom. The molecule has 0 saturated heterocycles. The molecule has 4 rings (SSSR count). The summed E-state index contributed by atoms with van der Waals surface area (Å²) in [6, 6.07) is 0. The van der Waals surface area contributed by atoms with Crippen LogP contribution in [0.15, 0.2) is 0 Å². The van der Waals surface area contributed by atoms with Crippen molar-refractivity contribution in [3.63, 3.8) is 0 Å². The first-order valence-electron chi connectivity index (χ1n) is 6.17. The third-order valence-corrected chi connectivity index (χ3v) is 5.14. The van der Waals surface area contributed by atoms with Crippen LogP contribution in [-0.2, 0) is 0 Å². The van der Waals surface area contributed by atoms with Crippen LogP contribution < -0.4 is 0 Å². The highest BCUT2D eigenvalue weighted by atomic mass is 16.6. The highest BCUT2D eigenvalue weighted by Crippen LogP contribution is 2.62. The van der Waals surface area contributed by atoms with Gasteiger partial charge in [-0.1, -0.05) is 0 Å². The Bertz CT molecular complexity index is 426. The molecule has 0 atom stereocenters. The van der Waals surface area contributed by atoms with Crippen LogP contribution in [0.5, 0.6) is 0 Å². The Hall–Kier alpha value is -1.80. The summed E-state index contributed by atoms with van der Waals surface area (Å²) in [4.78, 5) is 32.5. The average molecular weight is 271 g/mol. The zero-order chi connectivity index (χ0) is 14.1. The van der Waals surface area contributed by atoms with Gasteiger partial charge in [0.05, 0.1) is 19.3 Å². The summed E-state index contributed by atoms with van der Waals surface area (Å²) in [5.41, 5.74) is -4.42. The van der Waals surface area contributed by atoms with E-state index in [2.05, 4.69) is 0 Å². The van der Waals surface area contributed by atoms with E-state index in [1.54, 1.807) is 0 Å². The van der Waals surface area contributed by atoms with Crippen LogP contribution in [0.1, 0.15) is 38.5 Å². The monoisotopic (exact) mass is 271 g/mol. The summed E-state index contributed by atoms with van der Waals surface area (Å²) in [7, 11) is 0. The van der Waals surface area contributed by atoms with Gasteiger partial charge in [0, 0.05) is 34.0 Å². The molecule has 4 aliphatic carbocycles. The first-order chi connectivity index (χ1) is 8.74. The summed E-state index contributed by atoms with van der Waals surface area (Å²) in [6.07, 6.45) is 0.242. The molecule has 4 bridgehead atoms. The van der Waals surface area contributed by atoms with E-state index < -0.39 is 31.4 Å². The van der Waals surface area contributed by atoms with E-state index in [4.69, 9.17) is 0 Å². The molecule has 0 aliphatic heterocycles. The van der Waals surface area contributed by atoms with Gasteiger partial charge >= 0.3 is 0 Å². The van der Waals surface area contributed by atoms with Gasteiger partial charge in [-0.15, -0.1) is 0 Å². The fourth-order valence-electron chi connectivity index (χ4n) is 4.90. The fraction of sp³-hybridized carbons (Fsp3) is 1.00. The van der Waals surface area contributed by atoms with Gasteiger partial charge in [0.15, 0.2) is 0 Å². The Labute approximate surface area is 107 Å². The van der Waals surface area contributed by atoms with Crippen molar-refractivity contribution in [3.05, 3.63) is 30.3 Å². The molecule has 0 spiro atoms. The first kappa shape index (κ1) is 12.2. The molecule has 0 N–H and O–H groups in total. The van der Waals surface area contributed by atoms with Gasteiger partial charge in [0.25, 0.3) is 0 Å². The van der Waals surface area contributed by atoms with Crippen molar-refractivity contribution >= 4 is 0 Å². The number of nitro groups is 3. The second-order valence-corrected chi connectivity index (χ2v) is 6.45. The minimum atomic E-state index is -1.47. The first-order valence-corrected chi connectivity index (χ1v) is 6.17. The molecule has 0 heterocycles. The lowest BCUT2D eigenvalue weighted by Gasteiger charge is -2.54. The van der Waals surface area contributed by atoms with Crippen LogP contribution >= 0.6 is 0 Å². The van der Waals surface area contributed by atoms with Crippen LogP contribution in [0.3, 0.4) is 0 Å². The number of rotatable bonds is 3. The highest BCUT2D eigenvalue weighted by molar-refractivity contribution is 5.15. The van der Waals surface area contributed by atoms with Crippen LogP contribution in [0.25, 0.3) is 0 Å². The molecular formula is C10H13N3O6. The zero-order valence-electron chi connectivity index (χ0n) is 10.1. The molecule has 0 aromatic heterocycles. The highest BCUT2D eigenvalue weighted by Gasteiger charge is 2.78. The fourth-order valence-corrected chi connectivity index (χ4v) is 4.90. The van der Waals surface area contributed by atoms with Gasteiger partial charge < -0.3 is 0 Å². The number of nitrogens with zero attached hydrogens (tertiary/aromatic N) is 3. The van der Waals surface area contributed by atoms with Crippen molar-refractivity contribution in [2.24, 2.45) is 5.92 Å². The summed E-state index contributed by atoms with van der Waals surface area (Å²) >= 11 is 0. The molecular weight excluding hydrogens is 258 g/mol. The van der Waals surface area contributed by atoms with Crippen LogP contribution in [0.2, 0.25) is 0 Å². The largest absolute Gasteiger partial charge is 0.264 e. The molecule has 0 aromatic rings. The van der Waals surface area contributed by atoms with Crippen molar-refractivity contribution in [1.29, 1.82) is 0 Å². The second kappa shape index (κ2) is 3.20.